The van der Waals surface area contributed by atoms with Crippen molar-refractivity contribution in [1.29, 1.82) is 0 Å². The van der Waals surface area contributed by atoms with Gasteiger partial charge in [-0.3, -0.25) is 4.79 Å². The fourth-order valence-corrected chi connectivity index (χ4v) is 4.11. The predicted molar refractivity (Wildman–Crippen MR) is 132 cm³/mol. The van der Waals surface area contributed by atoms with Crippen LogP contribution in [0.1, 0.15) is 36.8 Å². The minimum atomic E-state index is -4.60. The number of carbonyl (C=O) groups is 1. The first kappa shape index (κ1) is 25.9. The van der Waals surface area contributed by atoms with Gasteiger partial charge in [-0.05, 0) is 44.9 Å². The van der Waals surface area contributed by atoms with Crippen LogP contribution in [0.15, 0.2) is 18.5 Å². The summed E-state index contributed by atoms with van der Waals surface area (Å²) in [4.78, 5) is 28.9. The first-order chi connectivity index (χ1) is 17.2. The Morgan fingerprint density at radius 1 is 1.11 bits per heavy atom. The third-order valence-corrected chi connectivity index (χ3v) is 6.69. The number of likely N-dealkylation sites (N-methyl/N-ethyl adjacent to an activating group) is 1. The molecule has 1 saturated carbocycles. The van der Waals surface area contributed by atoms with Crippen molar-refractivity contribution in [3.05, 3.63) is 29.6 Å². The fraction of sp³-hybridized carbons (Fsp3) is 0.583. The van der Waals surface area contributed by atoms with Crippen molar-refractivity contribution in [2.75, 3.05) is 61.8 Å². The summed E-state index contributed by atoms with van der Waals surface area (Å²) in [5.74, 6) is 0.712. The number of pyridine rings is 1. The van der Waals surface area contributed by atoms with Gasteiger partial charge in [-0.2, -0.15) is 18.2 Å². The highest BCUT2D eigenvalue weighted by molar-refractivity contribution is 5.79. The molecule has 2 fully saturated rings. The van der Waals surface area contributed by atoms with Crippen LogP contribution in [0.5, 0.6) is 0 Å². The van der Waals surface area contributed by atoms with Crippen LogP contribution >= 0.6 is 0 Å². The maximum atomic E-state index is 13.5. The molecule has 0 bridgehead atoms. The number of rotatable bonds is 9. The van der Waals surface area contributed by atoms with Gasteiger partial charge < -0.3 is 25.8 Å². The minimum absolute atomic E-state index is 0.0216. The molecule has 0 atom stereocenters. The lowest BCUT2D eigenvalue weighted by atomic mass is 9.85. The molecule has 196 valence electrons. The van der Waals surface area contributed by atoms with Crippen LogP contribution in [0.4, 0.5) is 36.4 Å². The summed E-state index contributed by atoms with van der Waals surface area (Å²) in [5.41, 5.74) is 0.572. The average Bonchev–Trinajstić information content (AvgIpc) is 2.79. The van der Waals surface area contributed by atoms with Gasteiger partial charge in [0.1, 0.15) is 17.2 Å². The Hall–Kier alpha value is -3.15. The van der Waals surface area contributed by atoms with Crippen LogP contribution in [0.3, 0.4) is 0 Å². The van der Waals surface area contributed by atoms with Crippen molar-refractivity contribution in [3.8, 4) is 0 Å². The van der Waals surface area contributed by atoms with E-state index in [0.29, 0.717) is 18.7 Å². The van der Waals surface area contributed by atoms with Crippen molar-refractivity contribution in [1.82, 2.24) is 25.2 Å². The Balaban J connectivity index is 1.38. The molecule has 3 N–H and O–H groups in total. The molecule has 9 nitrogen and oxygen atoms in total. The second-order valence-corrected chi connectivity index (χ2v) is 9.43. The van der Waals surface area contributed by atoms with E-state index in [0.717, 1.165) is 63.0 Å². The zero-order chi connectivity index (χ0) is 25.7. The van der Waals surface area contributed by atoms with Crippen molar-refractivity contribution in [2.45, 2.75) is 38.8 Å². The SMILES string of the molecule is Cc1cc(N2CCN(C)CC2)ncc1Nc1ncc(C(F)(F)F)c(NCCCNC(=O)C2CCC2)n1. The number of nitrogens with one attached hydrogen (secondary N) is 3. The van der Waals surface area contributed by atoms with Gasteiger partial charge in [-0.1, -0.05) is 6.42 Å². The number of alkyl halides is 3. The van der Waals surface area contributed by atoms with Gasteiger partial charge in [-0.25, -0.2) is 9.97 Å². The number of anilines is 4. The number of hydrogen-bond acceptors (Lipinski definition) is 8. The van der Waals surface area contributed by atoms with Crippen LogP contribution in [0.2, 0.25) is 0 Å². The topological polar surface area (TPSA) is 98.3 Å². The van der Waals surface area contributed by atoms with E-state index >= 15 is 0 Å². The summed E-state index contributed by atoms with van der Waals surface area (Å²) in [6.45, 7) is 6.22. The van der Waals surface area contributed by atoms with Crippen molar-refractivity contribution in [2.24, 2.45) is 5.92 Å². The van der Waals surface area contributed by atoms with Gasteiger partial charge >= 0.3 is 6.18 Å². The van der Waals surface area contributed by atoms with Crippen LogP contribution in [0, 0.1) is 12.8 Å². The molecule has 2 aromatic heterocycles. The molecule has 0 spiro atoms. The van der Waals surface area contributed by atoms with Crippen molar-refractivity contribution < 1.29 is 18.0 Å². The van der Waals surface area contributed by atoms with Crippen LogP contribution in [0.25, 0.3) is 0 Å². The normalized spacial score (nSPS) is 17.0. The molecular weight excluding hydrogens is 473 g/mol. The zero-order valence-corrected chi connectivity index (χ0v) is 20.7. The number of piperazine rings is 1. The monoisotopic (exact) mass is 506 g/mol. The molecule has 0 unspecified atom stereocenters. The fourth-order valence-electron chi connectivity index (χ4n) is 4.11. The highest BCUT2D eigenvalue weighted by Crippen LogP contribution is 2.34. The lowest BCUT2D eigenvalue weighted by molar-refractivity contribution is -0.137. The Kier molecular flexibility index (Phi) is 8.12. The quantitative estimate of drug-likeness (QED) is 0.445. The lowest BCUT2D eigenvalue weighted by Gasteiger charge is -2.33. The number of aryl methyl sites for hydroxylation is 1. The number of halogens is 3. The van der Waals surface area contributed by atoms with E-state index < -0.39 is 11.7 Å². The molecule has 1 saturated heterocycles. The van der Waals surface area contributed by atoms with Crippen molar-refractivity contribution in [3.63, 3.8) is 0 Å². The molecule has 1 aliphatic carbocycles. The van der Waals surface area contributed by atoms with Gasteiger partial charge in [0, 0.05) is 51.4 Å². The Morgan fingerprint density at radius 3 is 2.50 bits per heavy atom. The number of hydrogen-bond donors (Lipinski definition) is 3. The van der Waals surface area contributed by atoms with E-state index in [9.17, 15) is 18.0 Å². The second-order valence-electron chi connectivity index (χ2n) is 9.43. The summed E-state index contributed by atoms with van der Waals surface area (Å²) in [7, 11) is 2.09. The molecule has 12 heteroatoms. The Morgan fingerprint density at radius 2 is 1.86 bits per heavy atom. The smallest absolute Gasteiger partial charge is 0.369 e. The van der Waals surface area contributed by atoms with E-state index in [-0.39, 0.29) is 30.1 Å². The second kappa shape index (κ2) is 11.3. The van der Waals surface area contributed by atoms with Gasteiger partial charge in [0.2, 0.25) is 11.9 Å². The number of carbonyl (C=O) groups excluding carboxylic acids is 1. The highest BCUT2D eigenvalue weighted by Gasteiger charge is 2.35. The Labute approximate surface area is 208 Å². The molecule has 2 aliphatic rings. The van der Waals surface area contributed by atoms with E-state index in [1.807, 2.05) is 13.0 Å². The number of nitrogens with zero attached hydrogens (tertiary/aromatic N) is 5. The molecule has 3 heterocycles. The van der Waals surface area contributed by atoms with Crippen LogP contribution in [-0.4, -0.2) is 72.1 Å². The lowest BCUT2D eigenvalue weighted by Crippen LogP contribution is -2.44. The van der Waals surface area contributed by atoms with Crippen molar-refractivity contribution >= 4 is 29.2 Å². The van der Waals surface area contributed by atoms with E-state index in [2.05, 4.69) is 47.7 Å². The van der Waals surface area contributed by atoms with Gasteiger partial charge in [0.25, 0.3) is 0 Å². The number of amides is 1. The molecular formula is C24H33F3N8O. The molecule has 1 amide bonds. The first-order valence-electron chi connectivity index (χ1n) is 12.3. The van der Waals surface area contributed by atoms with Gasteiger partial charge in [0.15, 0.2) is 0 Å². The highest BCUT2D eigenvalue weighted by atomic mass is 19.4. The molecule has 4 rings (SSSR count). The molecule has 2 aromatic rings. The van der Waals surface area contributed by atoms with Crippen LogP contribution in [-0.2, 0) is 11.0 Å². The maximum absolute atomic E-state index is 13.5. The Bertz CT molecular complexity index is 1050. The van der Waals surface area contributed by atoms with E-state index in [4.69, 9.17) is 0 Å². The molecule has 0 aromatic carbocycles. The first-order valence-corrected chi connectivity index (χ1v) is 12.3. The maximum Gasteiger partial charge on any atom is 0.421 e. The average molecular weight is 507 g/mol. The standard InChI is InChI=1S/C24H33F3N8O/c1-16-13-20(35-11-9-34(2)10-12-35)30-15-19(16)32-23-31-14-18(24(25,26)27)21(33-23)28-7-4-8-29-22(36)17-5-3-6-17/h13-15,17H,3-12H2,1-2H3,(H,29,36)(H2,28,31,32,33). The molecule has 36 heavy (non-hydrogen) atoms. The molecule has 1 aliphatic heterocycles. The van der Waals surface area contributed by atoms with E-state index in [1.54, 1.807) is 6.20 Å². The van der Waals surface area contributed by atoms with Gasteiger partial charge in [0.05, 0.1) is 11.9 Å². The summed E-state index contributed by atoms with van der Waals surface area (Å²) in [6, 6.07) is 1.95. The summed E-state index contributed by atoms with van der Waals surface area (Å²) in [5, 5.41) is 8.59. The van der Waals surface area contributed by atoms with E-state index in [1.165, 1.54) is 0 Å². The van der Waals surface area contributed by atoms with Gasteiger partial charge in [-0.15, -0.1) is 0 Å². The third kappa shape index (κ3) is 6.54. The third-order valence-electron chi connectivity index (χ3n) is 6.69. The number of aromatic nitrogens is 3. The minimum Gasteiger partial charge on any atom is -0.369 e. The summed E-state index contributed by atoms with van der Waals surface area (Å²) >= 11 is 0. The zero-order valence-electron chi connectivity index (χ0n) is 20.7. The summed E-state index contributed by atoms with van der Waals surface area (Å²) in [6.07, 6.45) is 1.19. The molecule has 0 radical (unpaired) electrons. The summed E-state index contributed by atoms with van der Waals surface area (Å²) < 4.78 is 40.6. The predicted octanol–water partition coefficient (Wildman–Crippen LogP) is 3.41. The largest absolute Gasteiger partial charge is 0.421 e. The van der Waals surface area contributed by atoms with Crippen LogP contribution < -0.4 is 20.9 Å².